The van der Waals surface area contributed by atoms with E-state index in [0.29, 0.717) is 13.0 Å². The second-order valence-corrected chi connectivity index (χ2v) is 6.70. The third kappa shape index (κ3) is 4.77. The van der Waals surface area contributed by atoms with Gasteiger partial charge in [-0.05, 0) is 54.4 Å². The van der Waals surface area contributed by atoms with Crippen molar-refractivity contribution in [2.75, 3.05) is 6.61 Å². The van der Waals surface area contributed by atoms with E-state index in [-0.39, 0.29) is 23.7 Å². The Bertz CT molecular complexity index is 309. The van der Waals surface area contributed by atoms with Gasteiger partial charge in [0.15, 0.2) is 0 Å². The van der Waals surface area contributed by atoms with Gasteiger partial charge in [0.2, 0.25) is 0 Å². The van der Waals surface area contributed by atoms with Gasteiger partial charge in [0.1, 0.15) is 5.54 Å². The number of nitrogens with one attached hydrogen (secondary N) is 1. The van der Waals surface area contributed by atoms with Crippen molar-refractivity contribution in [3.63, 3.8) is 0 Å². The molecule has 0 radical (unpaired) electrons. The van der Waals surface area contributed by atoms with E-state index in [1.807, 2.05) is 27.7 Å². The Hall–Kier alpha value is -0.610. The van der Waals surface area contributed by atoms with E-state index >= 15 is 0 Å². The van der Waals surface area contributed by atoms with Gasteiger partial charge >= 0.3 is 5.97 Å². The van der Waals surface area contributed by atoms with Crippen molar-refractivity contribution in [2.24, 2.45) is 0 Å². The van der Waals surface area contributed by atoms with Gasteiger partial charge in [-0.15, -0.1) is 0 Å². The molecule has 0 aromatic rings. The lowest BCUT2D eigenvalue weighted by Gasteiger charge is -2.31. The Balaban J connectivity index is 2.76. The molecule has 2 unspecified atom stereocenters. The fourth-order valence-corrected chi connectivity index (χ4v) is 2.80. The number of rotatable bonds is 5. The SMILES string of the molecule is CCOC(=O)C1(NC(C)C)CCC(OC(C)(C)C)C1. The van der Waals surface area contributed by atoms with Crippen LogP contribution in [0.2, 0.25) is 0 Å². The van der Waals surface area contributed by atoms with Gasteiger partial charge in [0.25, 0.3) is 0 Å². The summed E-state index contributed by atoms with van der Waals surface area (Å²) in [6.07, 6.45) is 2.50. The molecule has 4 nitrogen and oxygen atoms in total. The summed E-state index contributed by atoms with van der Waals surface area (Å²) >= 11 is 0. The highest BCUT2D eigenvalue weighted by Gasteiger charge is 2.47. The Labute approximate surface area is 117 Å². The van der Waals surface area contributed by atoms with Gasteiger partial charge in [0.05, 0.1) is 18.3 Å². The highest BCUT2D eigenvalue weighted by atomic mass is 16.5. The van der Waals surface area contributed by atoms with Gasteiger partial charge in [-0.25, -0.2) is 0 Å². The van der Waals surface area contributed by atoms with Gasteiger partial charge in [-0.2, -0.15) is 0 Å². The average molecular weight is 271 g/mol. The number of ether oxygens (including phenoxy) is 2. The number of hydrogen-bond acceptors (Lipinski definition) is 4. The van der Waals surface area contributed by atoms with Gasteiger partial charge < -0.3 is 9.47 Å². The van der Waals surface area contributed by atoms with Crippen LogP contribution >= 0.6 is 0 Å². The van der Waals surface area contributed by atoms with Crippen molar-refractivity contribution < 1.29 is 14.3 Å². The predicted octanol–water partition coefficient (Wildman–Crippen LogP) is 2.65. The molecule has 0 spiro atoms. The average Bonchev–Trinajstić information content (AvgIpc) is 2.59. The third-order valence-electron chi connectivity index (χ3n) is 3.22. The van der Waals surface area contributed by atoms with Crippen molar-refractivity contribution in [3.8, 4) is 0 Å². The van der Waals surface area contributed by atoms with Crippen LogP contribution in [-0.2, 0) is 14.3 Å². The highest BCUT2D eigenvalue weighted by molar-refractivity contribution is 5.81. The molecule has 0 bridgehead atoms. The molecule has 1 fully saturated rings. The lowest BCUT2D eigenvalue weighted by atomic mass is 9.96. The van der Waals surface area contributed by atoms with Crippen molar-refractivity contribution in [3.05, 3.63) is 0 Å². The standard InChI is InChI=1S/C15H29NO3/c1-7-18-13(17)15(16-11(2)3)9-8-12(10-15)19-14(4,5)6/h11-12,16H,7-10H2,1-6H3. The molecule has 0 heterocycles. The van der Waals surface area contributed by atoms with Crippen LogP contribution in [0, 0.1) is 0 Å². The summed E-state index contributed by atoms with van der Waals surface area (Å²) in [4.78, 5) is 12.3. The summed E-state index contributed by atoms with van der Waals surface area (Å²) in [5.41, 5.74) is -0.743. The van der Waals surface area contributed by atoms with Crippen LogP contribution in [0.5, 0.6) is 0 Å². The molecule has 4 heteroatoms. The number of carbonyl (C=O) groups is 1. The molecule has 0 aliphatic heterocycles. The first-order chi connectivity index (χ1) is 8.68. The molecule has 1 rings (SSSR count). The smallest absolute Gasteiger partial charge is 0.326 e. The normalized spacial score (nSPS) is 27.8. The quantitative estimate of drug-likeness (QED) is 0.781. The van der Waals surface area contributed by atoms with Crippen LogP contribution in [0.4, 0.5) is 0 Å². The van der Waals surface area contributed by atoms with E-state index in [9.17, 15) is 4.79 Å². The second-order valence-electron chi connectivity index (χ2n) is 6.70. The minimum atomic E-state index is -0.569. The maximum absolute atomic E-state index is 12.3. The summed E-state index contributed by atoms with van der Waals surface area (Å²) in [5, 5.41) is 3.40. The highest BCUT2D eigenvalue weighted by Crippen LogP contribution is 2.35. The van der Waals surface area contributed by atoms with Crippen molar-refractivity contribution in [1.29, 1.82) is 0 Å². The molecule has 1 N–H and O–H groups in total. The monoisotopic (exact) mass is 271 g/mol. The van der Waals surface area contributed by atoms with Crippen molar-refractivity contribution >= 4 is 5.97 Å². The largest absolute Gasteiger partial charge is 0.465 e. The summed E-state index contributed by atoms with van der Waals surface area (Å²) < 4.78 is 11.3. The fourth-order valence-electron chi connectivity index (χ4n) is 2.80. The molecule has 1 aliphatic carbocycles. The summed E-state index contributed by atoms with van der Waals surface area (Å²) in [6, 6.07) is 0.248. The molecular formula is C15H29NO3. The van der Waals surface area contributed by atoms with Gasteiger partial charge in [-0.3, -0.25) is 10.1 Å². The van der Waals surface area contributed by atoms with Crippen molar-refractivity contribution in [1.82, 2.24) is 5.32 Å². The van der Waals surface area contributed by atoms with E-state index in [4.69, 9.17) is 9.47 Å². The maximum atomic E-state index is 12.3. The predicted molar refractivity (Wildman–Crippen MR) is 76.1 cm³/mol. The van der Waals surface area contributed by atoms with E-state index in [1.54, 1.807) is 0 Å². The number of carbonyl (C=O) groups excluding carboxylic acids is 1. The lowest BCUT2D eigenvalue weighted by Crippen LogP contribution is -2.54. The maximum Gasteiger partial charge on any atom is 0.326 e. The second kappa shape index (κ2) is 6.23. The zero-order chi connectivity index (χ0) is 14.7. The van der Waals surface area contributed by atoms with Crippen molar-refractivity contribution in [2.45, 2.75) is 84.1 Å². The molecule has 19 heavy (non-hydrogen) atoms. The number of esters is 1. The summed E-state index contributed by atoms with van der Waals surface area (Å²) in [7, 11) is 0. The summed E-state index contributed by atoms with van der Waals surface area (Å²) in [5.74, 6) is -0.135. The summed E-state index contributed by atoms with van der Waals surface area (Å²) in [6.45, 7) is 12.5. The van der Waals surface area contributed by atoms with Gasteiger partial charge in [-0.1, -0.05) is 0 Å². The van der Waals surface area contributed by atoms with Crippen LogP contribution in [0.1, 0.15) is 60.8 Å². The molecule has 1 aliphatic rings. The van der Waals surface area contributed by atoms with Crippen LogP contribution in [0.15, 0.2) is 0 Å². The van der Waals surface area contributed by atoms with E-state index in [1.165, 1.54) is 0 Å². The first-order valence-corrected chi connectivity index (χ1v) is 7.31. The number of hydrogen-bond donors (Lipinski definition) is 1. The molecule has 0 aromatic heterocycles. The molecule has 1 saturated carbocycles. The fraction of sp³-hybridized carbons (Fsp3) is 0.933. The molecule has 0 aromatic carbocycles. The molecule has 112 valence electrons. The first-order valence-electron chi connectivity index (χ1n) is 7.31. The zero-order valence-corrected chi connectivity index (χ0v) is 13.2. The minimum Gasteiger partial charge on any atom is -0.465 e. The Morgan fingerprint density at radius 3 is 2.53 bits per heavy atom. The molecular weight excluding hydrogens is 242 g/mol. The minimum absolute atomic E-state index is 0.121. The third-order valence-corrected chi connectivity index (χ3v) is 3.22. The Morgan fingerprint density at radius 2 is 2.05 bits per heavy atom. The van der Waals surface area contributed by atoms with E-state index in [2.05, 4.69) is 19.2 Å². The Morgan fingerprint density at radius 1 is 1.42 bits per heavy atom. The lowest BCUT2D eigenvalue weighted by molar-refractivity contribution is -0.152. The molecule has 0 amide bonds. The van der Waals surface area contributed by atoms with Gasteiger partial charge in [0, 0.05) is 12.5 Å². The van der Waals surface area contributed by atoms with Crippen LogP contribution in [0.25, 0.3) is 0 Å². The molecule has 0 saturated heterocycles. The Kier molecular flexibility index (Phi) is 5.39. The van der Waals surface area contributed by atoms with Crippen LogP contribution < -0.4 is 5.32 Å². The topological polar surface area (TPSA) is 47.6 Å². The van der Waals surface area contributed by atoms with Crippen LogP contribution in [-0.4, -0.2) is 35.9 Å². The van der Waals surface area contributed by atoms with Crippen LogP contribution in [0.3, 0.4) is 0 Å². The van der Waals surface area contributed by atoms with E-state index in [0.717, 1.165) is 12.8 Å². The zero-order valence-electron chi connectivity index (χ0n) is 13.2. The molecule has 2 atom stereocenters. The first kappa shape index (κ1) is 16.4. The van der Waals surface area contributed by atoms with E-state index < -0.39 is 5.54 Å².